The third-order valence-electron chi connectivity index (χ3n) is 6.67. The number of hydrogen-bond acceptors (Lipinski definition) is 4. The van der Waals surface area contributed by atoms with Gasteiger partial charge in [-0.15, -0.1) is 0 Å². The number of hydrogen-bond donors (Lipinski definition) is 0. The molecule has 0 spiro atoms. The Labute approximate surface area is 223 Å². The Morgan fingerprint density at radius 3 is 2.32 bits per heavy atom. The Kier molecular flexibility index (Phi) is 7.59. The zero-order valence-electron chi connectivity index (χ0n) is 20.6. The molecule has 1 fully saturated rings. The first-order chi connectivity index (χ1) is 17.4. The van der Waals surface area contributed by atoms with E-state index < -0.39 is 35.7 Å². The van der Waals surface area contributed by atoms with E-state index in [4.69, 9.17) is 32.7 Å². The lowest BCUT2D eigenvalue weighted by Crippen LogP contribution is -2.67. The van der Waals surface area contributed by atoms with E-state index in [1.165, 1.54) is 23.0 Å². The van der Waals surface area contributed by atoms with E-state index in [9.17, 15) is 22.8 Å². The Morgan fingerprint density at radius 2 is 1.78 bits per heavy atom. The van der Waals surface area contributed by atoms with Crippen LogP contribution in [0.25, 0.3) is 0 Å². The van der Waals surface area contributed by atoms with Crippen molar-refractivity contribution in [3.8, 4) is 0 Å². The van der Waals surface area contributed by atoms with E-state index in [0.717, 1.165) is 12.1 Å². The molecule has 0 radical (unpaired) electrons. The number of methoxy groups -OCH3 is 1. The van der Waals surface area contributed by atoms with Crippen LogP contribution in [0.3, 0.4) is 0 Å². The maximum atomic E-state index is 13.6. The van der Waals surface area contributed by atoms with Gasteiger partial charge in [0.2, 0.25) is 0 Å². The van der Waals surface area contributed by atoms with Gasteiger partial charge in [-0.1, -0.05) is 23.2 Å². The number of alkyl halides is 3. The number of carbonyl (C=O) groups is 2. The predicted octanol–water partition coefficient (Wildman–Crippen LogP) is 7.68. The van der Waals surface area contributed by atoms with Crippen LogP contribution in [-0.2, 0) is 28.6 Å². The second-order valence-electron chi connectivity index (χ2n) is 9.60. The molecule has 200 valence electrons. The molecule has 2 aromatic carbocycles. The van der Waals surface area contributed by atoms with E-state index in [0.29, 0.717) is 34.0 Å². The van der Waals surface area contributed by atoms with Crippen molar-refractivity contribution in [3.63, 3.8) is 0 Å². The number of aryl methyl sites for hydroxylation is 1. The molecule has 1 aliphatic heterocycles. The first kappa shape index (κ1) is 27.4. The number of nitrogens with zero attached hydrogens (tertiary/aromatic N) is 2. The number of halogens is 5. The predicted molar refractivity (Wildman–Crippen MR) is 134 cm³/mol. The van der Waals surface area contributed by atoms with Crippen molar-refractivity contribution in [2.24, 2.45) is 5.92 Å². The maximum absolute atomic E-state index is 13.6. The summed E-state index contributed by atoms with van der Waals surface area (Å²) in [6, 6.07) is 8.16. The molecule has 0 N–H and O–H groups in total. The van der Waals surface area contributed by atoms with Crippen LogP contribution in [0.2, 0.25) is 10.0 Å². The first-order valence-electron chi connectivity index (χ1n) is 11.9. The summed E-state index contributed by atoms with van der Waals surface area (Å²) in [6.07, 6.45) is -4.64. The van der Waals surface area contributed by atoms with Crippen molar-refractivity contribution in [3.05, 3.63) is 63.1 Å². The molecule has 6 nitrogen and oxygen atoms in total. The number of anilines is 1. The molecule has 4 rings (SSSR count). The smallest absolute Gasteiger partial charge is 0.416 e. The number of benzene rings is 2. The molecule has 0 aromatic heterocycles. The molecule has 11 heteroatoms. The van der Waals surface area contributed by atoms with Crippen LogP contribution in [-0.4, -0.2) is 36.0 Å². The van der Waals surface area contributed by atoms with Gasteiger partial charge >= 0.3 is 18.4 Å². The molecule has 1 saturated carbocycles. The standard InChI is InChI=1S/C26H27Cl2F3N2O4/c1-15(2)37-24(35)33-22-7-6-19(26(29,30)31)12-17(22)8-9-25(33,18-4-5-18)32(23(34)36-3)14-16-10-20(27)13-21(28)11-16/h6-7,10-13,15,18H,4-5,8-9,14H2,1-3H3. The number of ether oxygens (including phenoxy) is 2. The highest BCUT2D eigenvalue weighted by Gasteiger charge is 2.59. The number of rotatable bonds is 5. The molecule has 0 saturated heterocycles. The molecule has 1 atom stereocenters. The third-order valence-corrected chi connectivity index (χ3v) is 7.11. The van der Waals surface area contributed by atoms with Gasteiger partial charge in [-0.25, -0.2) is 9.59 Å². The molecule has 1 heterocycles. The molecule has 1 aliphatic carbocycles. The quantitative estimate of drug-likeness (QED) is 0.377. The lowest BCUT2D eigenvalue weighted by atomic mass is 9.85. The van der Waals surface area contributed by atoms with E-state index in [2.05, 4.69) is 0 Å². The van der Waals surface area contributed by atoms with Crippen LogP contribution in [0, 0.1) is 5.92 Å². The Bertz CT molecular complexity index is 1180. The molecule has 2 amide bonds. The van der Waals surface area contributed by atoms with Crippen LogP contribution in [0.4, 0.5) is 28.4 Å². The van der Waals surface area contributed by atoms with Gasteiger partial charge in [-0.2, -0.15) is 13.2 Å². The average molecular weight is 559 g/mol. The van der Waals surface area contributed by atoms with Crippen molar-refractivity contribution < 1.29 is 32.2 Å². The van der Waals surface area contributed by atoms with Crippen LogP contribution < -0.4 is 4.90 Å². The zero-order valence-corrected chi connectivity index (χ0v) is 22.1. The highest BCUT2D eigenvalue weighted by molar-refractivity contribution is 6.34. The van der Waals surface area contributed by atoms with Gasteiger partial charge in [0.1, 0.15) is 5.66 Å². The Hall–Kier alpha value is -2.65. The Balaban J connectivity index is 1.89. The van der Waals surface area contributed by atoms with Crippen LogP contribution in [0.15, 0.2) is 36.4 Å². The van der Waals surface area contributed by atoms with E-state index >= 15 is 0 Å². The van der Waals surface area contributed by atoms with Gasteiger partial charge in [0.05, 0.1) is 31.0 Å². The van der Waals surface area contributed by atoms with E-state index in [-0.39, 0.29) is 31.0 Å². The van der Waals surface area contributed by atoms with E-state index in [1.54, 1.807) is 32.0 Å². The first-order valence-corrected chi connectivity index (χ1v) is 12.6. The molecule has 1 unspecified atom stereocenters. The summed E-state index contributed by atoms with van der Waals surface area (Å²) in [5, 5.41) is 0.745. The van der Waals surface area contributed by atoms with Gasteiger partial charge in [0.15, 0.2) is 0 Å². The fourth-order valence-corrected chi connectivity index (χ4v) is 5.66. The summed E-state index contributed by atoms with van der Waals surface area (Å²) in [6.45, 7) is 3.37. The van der Waals surface area contributed by atoms with Crippen LogP contribution in [0.5, 0.6) is 0 Å². The Morgan fingerprint density at radius 1 is 1.14 bits per heavy atom. The van der Waals surface area contributed by atoms with Crippen LogP contribution in [0.1, 0.15) is 49.8 Å². The molecular weight excluding hydrogens is 532 g/mol. The summed E-state index contributed by atoms with van der Waals surface area (Å²) in [4.78, 5) is 29.8. The summed E-state index contributed by atoms with van der Waals surface area (Å²) >= 11 is 12.4. The third kappa shape index (κ3) is 5.48. The fourth-order valence-electron chi connectivity index (χ4n) is 5.09. The van der Waals surface area contributed by atoms with Crippen molar-refractivity contribution in [1.82, 2.24) is 4.90 Å². The second kappa shape index (κ2) is 10.3. The summed E-state index contributed by atoms with van der Waals surface area (Å²) in [5.41, 5.74) is -0.808. The minimum absolute atomic E-state index is 0.00484. The second-order valence-corrected chi connectivity index (χ2v) is 10.5. The number of fused-ring (bicyclic) bond motifs is 1. The van der Waals surface area contributed by atoms with Crippen molar-refractivity contribution in [2.75, 3.05) is 12.0 Å². The van der Waals surface area contributed by atoms with Gasteiger partial charge in [-0.05, 0) is 87.1 Å². The van der Waals surface area contributed by atoms with E-state index in [1.807, 2.05) is 0 Å². The lowest BCUT2D eigenvalue weighted by molar-refractivity contribution is -0.137. The van der Waals surface area contributed by atoms with Gasteiger partial charge in [-0.3, -0.25) is 9.80 Å². The summed E-state index contributed by atoms with van der Waals surface area (Å²) in [5.74, 6) is -0.142. The molecule has 2 aromatic rings. The number of carbonyl (C=O) groups excluding carboxylic acids is 2. The summed E-state index contributed by atoms with van der Waals surface area (Å²) in [7, 11) is 1.24. The minimum Gasteiger partial charge on any atom is -0.453 e. The van der Waals surface area contributed by atoms with Crippen molar-refractivity contribution in [1.29, 1.82) is 0 Å². The fraction of sp³-hybridized carbons (Fsp3) is 0.462. The van der Waals surface area contributed by atoms with Gasteiger partial charge in [0, 0.05) is 16.0 Å². The average Bonchev–Trinajstić information content (AvgIpc) is 3.65. The topological polar surface area (TPSA) is 59.1 Å². The highest BCUT2D eigenvalue weighted by atomic mass is 35.5. The molecule has 2 aliphatic rings. The van der Waals surface area contributed by atoms with Crippen LogP contribution >= 0.6 is 23.2 Å². The normalized spacial score (nSPS) is 19.4. The van der Waals surface area contributed by atoms with Gasteiger partial charge < -0.3 is 9.47 Å². The minimum atomic E-state index is -4.53. The van der Waals surface area contributed by atoms with Crippen molar-refractivity contribution >= 4 is 41.1 Å². The maximum Gasteiger partial charge on any atom is 0.416 e. The monoisotopic (exact) mass is 558 g/mol. The summed E-state index contributed by atoms with van der Waals surface area (Å²) < 4.78 is 51.1. The zero-order chi connectivity index (χ0) is 27.1. The SMILES string of the molecule is COC(=O)N(Cc1cc(Cl)cc(Cl)c1)C1(C2CC2)CCc2cc(C(F)(F)F)ccc2N1C(=O)OC(C)C. The molecule has 0 bridgehead atoms. The van der Waals surface area contributed by atoms with Crippen molar-refractivity contribution in [2.45, 2.75) is 64.0 Å². The largest absolute Gasteiger partial charge is 0.453 e. The molecular formula is C26H27Cl2F3N2O4. The van der Waals surface area contributed by atoms with Gasteiger partial charge in [0.25, 0.3) is 0 Å². The lowest BCUT2D eigenvalue weighted by Gasteiger charge is -2.53. The highest BCUT2D eigenvalue weighted by Crippen LogP contribution is 2.53. The molecule has 37 heavy (non-hydrogen) atoms. The number of amides is 2.